The average Bonchev–Trinajstić information content (AvgIpc) is 1.73. The Labute approximate surface area is 658 Å². The summed E-state index contributed by atoms with van der Waals surface area (Å²) in [6, 6.07) is 16.5. The number of imide groups is 2. The Kier molecular flexibility index (Phi) is 34.0. The van der Waals surface area contributed by atoms with Crippen molar-refractivity contribution >= 4 is 96.3 Å². The molecule has 0 aromatic heterocycles. The normalized spacial score (nSPS) is 16.7. The second-order valence-corrected chi connectivity index (χ2v) is 34.1. The Bertz CT molecular complexity index is 4120. The van der Waals surface area contributed by atoms with Crippen LogP contribution in [0.5, 0.6) is 17.2 Å². The topological polar surface area (TPSA) is 305 Å². The number of carbonyl (C=O) groups excluding carboxylic acids is 7. The van der Waals surface area contributed by atoms with Gasteiger partial charge >= 0.3 is 18.2 Å². The number of amidine groups is 2. The lowest BCUT2D eigenvalue weighted by molar-refractivity contribution is -0.137. The molecule has 5 heterocycles. The lowest BCUT2D eigenvalue weighted by Gasteiger charge is -2.35. The number of amides is 6. The van der Waals surface area contributed by atoms with E-state index in [1.165, 1.54) is 206 Å². The summed E-state index contributed by atoms with van der Waals surface area (Å²) in [7, 11) is -7.09. The van der Waals surface area contributed by atoms with Gasteiger partial charge in [0.2, 0.25) is 6.79 Å². The van der Waals surface area contributed by atoms with E-state index in [1.807, 2.05) is 0 Å². The second kappa shape index (κ2) is 42.9. The first-order chi connectivity index (χ1) is 53.3. The molecule has 2 N–H and O–H groups in total. The van der Waals surface area contributed by atoms with Crippen LogP contribution in [0.1, 0.15) is 283 Å². The molecular weight excluding hydrogens is 1460 g/mol. The average molecular weight is 1580 g/mol. The van der Waals surface area contributed by atoms with Gasteiger partial charge in [-0.2, -0.15) is 0 Å². The molecule has 2 saturated heterocycles. The van der Waals surface area contributed by atoms with Crippen molar-refractivity contribution in [2.45, 2.75) is 307 Å². The fourth-order valence-corrected chi connectivity index (χ4v) is 17.5. The number of hydrogen-bond donors (Lipinski definition) is 2. The highest BCUT2D eigenvalue weighted by molar-refractivity contribution is 7.90. The first kappa shape index (κ1) is 88.0. The summed E-state index contributed by atoms with van der Waals surface area (Å²) in [6.07, 6.45) is 36.1. The molecule has 2 fully saturated rings. The predicted octanol–water partition coefficient (Wildman–Crippen LogP) is 18.5. The van der Waals surface area contributed by atoms with Crippen LogP contribution < -0.4 is 24.8 Å². The largest absolute Gasteiger partial charge is 0.494 e. The summed E-state index contributed by atoms with van der Waals surface area (Å²) in [5.41, 5.74) is -1.86. The first-order valence-electron chi connectivity index (χ1n) is 40.7. The standard InChI is InChI=1S/C44H64N4O8S.C40H56N4O9S/c1-6-8-10-12-14-15-16-17-18-19-21-25-31-55-41(50)34-29-28-33(3)36(32-34)46-40(49)38(48-42(51)44(4,5)56-43(48)52)39-45-35-26-22-23-27-37(35)57(53,54)47(39)30-24-20-13-11-9-7-2;1-5-6-7-8-9-10-11-12-13-14-15-16-17-18-19-22-25-43-36(41-29-23-20-21-24-34(29)54(43,48)49)35(44-38(46)40(2,3)53-39(44)47)37(45)42-30-26-32-33(52-28-51-32)27-31(30)50-4/h22-23,26-29,32,38H,6-21,24-25,30-31H2,1-5H3,(H,46,49);20-21,23-24,26-27,35H,5-19,22,25,28H2,1-4H3,(H,42,45). The van der Waals surface area contributed by atoms with Crippen LogP contribution in [0, 0.1) is 6.92 Å². The number of nitrogens with zero attached hydrogens (tertiary/aromatic N) is 6. The van der Waals surface area contributed by atoms with Gasteiger partial charge in [0.15, 0.2) is 46.5 Å². The van der Waals surface area contributed by atoms with Gasteiger partial charge in [-0.25, -0.2) is 51.0 Å². The molecule has 2 atom stereocenters. The number of cyclic esters (lactones) is 2. The van der Waals surface area contributed by atoms with Crippen molar-refractivity contribution in [3.05, 3.63) is 90.0 Å². The Morgan fingerprint density at radius 1 is 0.477 bits per heavy atom. The maximum atomic E-state index is 14.5. The van der Waals surface area contributed by atoms with Crippen LogP contribution in [0.3, 0.4) is 0 Å². The number of aryl methyl sites for hydroxylation is 1. The van der Waals surface area contributed by atoms with Gasteiger partial charge < -0.3 is 39.1 Å². The molecule has 0 radical (unpaired) electrons. The predicted molar refractivity (Wildman–Crippen MR) is 429 cm³/mol. The number of fused-ring (bicyclic) bond motifs is 3. The number of rotatable bonds is 47. The van der Waals surface area contributed by atoms with Gasteiger partial charge in [0.05, 0.1) is 36.3 Å². The van der Waals surface area contributed by atoms with Crippen LogP contribution in [-0.2, 0) is 53.4 Å². The summed E-state index contributed by atoms with van der Waals surface area (Å²) >= 11 is 0. The number of nitrogens with one attached hydrogen (secondary N) is 2. The zero-order chi connectivity index (χ0) is 80.1. The monoisotopic (exact) mass is 1580 g/mol. The van der Waals surface area contributed by atoms with E-state index in [4.69, 9.17) is 28.4 Å². The molecule has 4 aromatic carbocycles. The molecule has 27 heteroatoms. The van der Waals surface area contributed by atoms with Crippen LogP contribution >= 0.6 is 0 Å². The second-order valence-electron chi connectivity index (χ2n) is 30.5. The third-order valence-electron chi connectivity index (χ3n) is 20.7. The molecule has 610 valence electrons. The summed E-state index contributed by atoms with van der Waals surface area (Å²) in [4.78, 5) is 107. The molecule has 0 saturated carbocycles. The van der Waals surface area contributed by atoms with Crippen molar-refractivity contribution in [1.82, 2.24) is 18.4 Å². The van der Waals surface area contributed by atoms with Crippen molar-refractivity contribution < 1.29 is 78.8 Å². The number of unbranched alkanes of at least 4 members (excludes halogenated alkanes) is 31. The molecule has 111 heavy (non-hydrogen) atoms. The number of para-hydroxylation sites is 2. The number of carbonyl (C=O) groups is 7. The number of methoxy groups -OCH3 is 1. The lowest BCUT2D eigenvalue weighted by atomic mass is 10.0. The van der Waals surface area contributed by atoms with Crippen LogP contribution in [0.2, 0.25) is 0 Å². The van der Waals surface area contributed by atoms with Crippen LogP contribution in [0.25, 0.3) is 0 Å². The van der Waals surface area contributed by atoms with Crippen LogP contribution in [0.4, 0.5) is 32.3 Å². The van der Waals surface area contributed by atoms with E-state index in [1.54, 1.807) is 43.3 Å². The molecule has 25 nitrogen and oxygen atoms in total. The summed E-state index contributed by atoms with van der Waals surface area (Å²) < 4.78 is 91.8. The van der Waals surface area contributed by atoms with E-state index >= 15 is 0 Å². The maximum Gasteiger partial charge on any atom is 0.418 e. The highest BCUT2D eigenvalue weighted by atomic mass is 32.2. The van der Waals surface area contributed by atoms with Crippen LogP contribution in [0.15, 0.2) is 98.6 Å². The Morgan fingerprint density at radius 2 is 0.838 bits per heavy atom. The maximum absolute atomic E-state index is 14.5. The first-order valence-corrected chi connectivity index (χ1v) is 43.6. The third-order valence-corrected chi connectivity index (χ3v) is 24.4. The molecule has 5 aliphatic rings. The number of benzene rings is 4. The molecule has 4 aromatic rings. The van der Waals surface area contributed by atoms with Crippen molar-refractivity contribution in [2.24, 2.45) is 9.98 Å². The quantitative estimate of drug-likeness (QED) is 0.0236. The number of hydrogen-bond acceptors (Lipinski definition) is 19. The Hall–Kier alpha value is -8.59. The van der Waals surface area contributed by atoms with E-state index in [9.17, 15) is 50.4 Å². The van der Waals surface area contributed by atoms with Gasteiger partial charge in [-0.1, -0.05) is 250 Å². The van der Waals surface area contributed by atoms with Gasteiger partial charge in [0.1, 0.15) is 15.5 Å². The number of esters is 1. The molecule has 0 bridgehead atoms. The minimum Gasteiger partial charge on any atom is -0.494 e. The van der Waals surface area contributed by atoms with E-state index in [2.05, 4.69) is 41.4 Å². The molecule has 6 amide bonds. The lowest BCUT2D eigenvalue weighted by Crippen LogP contribution is -2.59. The van der Waals surface area contributed by atoms with Crippen molar-refractivity contribution in [3.8, 4) is 17.2 Å². The van der Waals surface area contributed by atoms with E-state index < -0.39 is 85.1 Å². The Morgan fingerprint density at radius 3 is 1.22 bits per heavy atom. The molecule has 5 aliphatic heterocycles. The van der Waals surface area contributed by atoms with Crippen molar-refractivity contribution in [3.63, 3.8) is 0 Å². The highest BCUT2D eigenvalue weighted by Gasteiger charge is 2.57. The van der Waals surface area contributed by atoms with E-state index in [0.717, 1.165) is 85.7 Å². The fraction of sp³-hybridized carbons (Fsp3) is 0.607. The van der Waals surface area contributed by atoms with Crippen molar-refractivity contribution in [2.75, 3.05) is 44.2 Å². The number of sulfonamides is 2. The summed E-state index contributed by atoms with van der Waals surface area (Å²) in [6.45, 7) is 14.2. The number of anilines is 2. The van der Waals surface area contributed by atoms with Gasteiger partial charge in [-0.3, -0.25) is 27.8 Å². The van der Waals surface area contributed by atoms with Crippen molar-refractivity contribution in [1.29, 1.82) is 0 Å². The molecule has 2 unspecified atom stereocenters. The zero-order valence-corrected chi connectivity index (χ0v) is 68.6. The SMILES string of the molecule is CCCCCCCCCCCCCCCCCCN1C(C(C(=O)Nc2cc3c(cc2OC)OCO3)N2C(=O)OC(C)(C)C2=O)=Nc2ccccc2S1(=O)=O.CCCCCCCCCCCCCCOC(=O)c1ccc(C)c(NC(=O)C(C2=Nc3ccccc3S(=O)(=O)N2CCCCCCCC)N2C(=O)OC(C)(C)C2=O)c1. The summed E-state index contributed by atoms with van der Waals surface area (Å²) in [5, 5.41) is 5.50. The summed E-state index contributed by atoms with van der Waals surface area (Å²) in [5.74, 6) is -3.59. The molecule has 0 spiro atoms. The van der Waals surface area contributed by atoms with E-state index in [-0.39, 0.29) is 82.0 Å². The number of aliphatic imine (C=N–C) groups is 2. The van der Waals surface area contributed by atoms with Gasteiger partial charge in [0.25, 0.3) is 43.7 Å². The molecule has 0 aliphatic carbocycles. The zero-order valence-electron chi connectivity index (χ0n) is 67.0. The Balaban J connectivity index is 0.000000279. The minimum absolute atomic E-state index is 0.00839. The minimum atomic E-state index is -4.25. The van der Waals surface area contributed by atoms with Gasteiger partial charge in [-0.05, 0) is 95.8 Å². The fourth-order valence-electron chi connectivity index (χ4n) is 14.3. The highest BCUT2D eigenvalue weighted by Crippen LogP contribution is 2.43. The van der Waals surface area contributed by atoms with Gasteiger partial charge in [0, 0.05) is 30.9 Å². The van der Waals surface area contributed by atoms with E-state index in [0.29, 0.717) is 39.7 Å². The smallest absolute Gasteiger partial charge is 0.418 e. The molecular formula is C84H120N8O17S2. The van der Waals surface area contributed by atoms with Gasteiger partial charge in [-0.15, -0.1) is 0 Å². The number of ether oxygens (including phenoxy) is 6. The molecule has 9 rings (SSSR count). The third kappa shape index (κ3) is 23.8. The van der Waals surface area contributed by atoms with Crippen LogP contribution in [-0.4, -0.2) is 146 Å².